The highest BCUT2D eigenvalue weighted by atomic mass is 35.5. The van der Waals surface area contributed by atoms with E-state index in [4.69, 9.17) is 16.3 Å². The first-order chi connectivity index (χ1) is 8.09. The Morgan fingerprint density at radius 3 is 2.65 bits per heavy atom. The molecule has 0 saturated heterocycles. The molecule has 0 radical (unpaired) electrons. The van der Waals surface area contributed by atoms with E-state index in [2.05, 4.69) is 22.1 Å². The second-order valence-corrected chi connectivity index (χ2v) is 4.96. The van der Waals surface area contributed by atoms with Crippen LogP contribution < -0.4 is 4.74 Å². The minimum atomic E-state index is 0.449. The van der Waals surface area contributed by atoms with Gasteiger partial charge in [-0.3, -0.25) is 0 Å². The molecule has 0 atom stereocenters. The molecule has 1 aliphatic rings. The van der Waals surface area contributed by atoms with Crippen LogP contribution in [0.5, 0.6) is 5.88 Å². The highest BCUT2D eigenvalue weighted by Gasteiger charge is 2.25. The van der Waals surface area contributed by atoms with E-state index in [9.17, 15) is 0 Å². The van der Waals surface area contributed by atoms with Crippen LogP contribution in [0.3, 0.4) is 0 Å². The van der Waals surface area contributed by atoms with Crippen molar-refractivity contribution in [1.82, 2.24) is 15.1 Å². The molecule has 1 aliphatic carbocycles. The average molecular weight is 256 g/mol. The van der Waals surface area contributed by atoms with E-state index in [1.165, 1.54) is 12.8 Å². The molecule has 5 heteroatoms. The summed E-state index contributed by atoms with van der Waals surface area (Å²) >= 11 is 5.88. The molecule has 0 amide bonds. The SMILES string of the molecule is Cc1c(Cl)nnc(OCCN(C)C2CC2)c1C. The van der Waals surface area contributed by atoms with Gasteiger partial charge in [-0.1, -0.05) is 11.6 Å². The van der Waals surface area contributed by atoms with E-state index in [1.54, 1.807) is 0 Å². The van der Waals surface area contributed by atoms with E-state index in [-0.39, 0.29) is 0 Å². The minimum absolute atomic E-state index is 0.449. The monoisotopic (exact) mass is 255 g/mol. The lowest BCUT2D eigenvalue weighted by molar-refractivity contribution is 0.224. The van der Waals surface area contributed by atoms with Gasteiger partial charge in [-0.2, -0.15) is 0 Å². The van der Waals surface area contributed by atoms with E-state index in [0.717, 1.165) is 23.7 Å². The van der Waals surface area contributed by atoms with E-state index >= 15 is 0 Å². The molecule has 1 heterocycles. The van der Waals surface area contributed by atoms with Crippen LogP contribution in [0.25, 0.3) is 0 Å². The van der Waals surface area contributed by atoms with Crippen molar-refractivity contribution in [2.45, 2.75) is 32.7 Å². The predicted octanol–water partition coefficient (Wildman–Crippen LogP) is 2.22. The van der Waals surface area contributed by atoms with Crippen molar-refractivity contribution in [3.05, 3.63) is 16.3 Å². The van der Waals surface area contributed by atoms with Gasteiger partial charge in [0.15, 0.2) is 5.15 Å². The van der Waals surface area contributed by atoms with Gasteiger partial charge in [-0.15, -0.1) is 10.2 Å². The molecule has 1 fully saturated rings. The Kier molecular flexibility index (Phi) is 3.84. The summed E-state index contributed by atoms with van der Waals surface area (Å²) in [4.78, 5) is 2.32. The Balaban J connectivity index is 1.88. The maximum atomic E-state index is 5.88. The summed E-state index contributed by atoms with van der Waals surface area (Å²) in [6.07, 6.45) is 2.63. The summed E-state index contributed by atoms with van der Waals surface area (Å²) in [7, 11) is 2.13. The van der Waals surface area contributed by atoms with Gasteiger partial charge in [0.1, 0.15) is 6.61 Å². The third-order valence-corrected chi connectivity index (χ3v) is 3.63. The van der Waals surface area contributed by atoms with Crippen LogP contribution in [0.15, 0.2) is 0 Å². The minimum Gasteiger partial charge on any atom is -0.475 e. The van der Waals surface area contributed by atoms with E-state index in [1.807, 2.05) is 13.8 Å². The Hall–Kier alpha value is -0.870. The summed E-state index contributed by atoms with van der Waals surface area (Å²) in [6.45, 7) is 5.45. The molecule has 0 aromatic carbocycles. The Bertz CT molecular complexity index is 407. The lowest BCUT2D eigenvalue weighted by Gasteiger charge is -2.16. The molecule has 0 unspecified atom stereocenters. The molecule has 1 saturated carbocycles. The highest BCUT2D eigenvalue weighted by Crippen LogP contribution is 2.25. The number of hydrogen-bond acceptors (Lipinski definition) is 4. The van der Waals surface area contributed by atoms with Crippen LogP contribution in [-0.4, -0.2) is 41.3 Å². The smallest absolute Gasteiger partial charge is 0.236 e. The van der Waals surface area contributed by atoms with Crippen molar-refractivity contribution >= 4 is 11.6 Å². The van der Waals surface area contributed by atoms with Crippen LogP contribution in [0.1, 0.15) is 24.0 Å². The molecule has 17 heavy (non-hydrogen) atoms. The highest BCUT2D eigenvalue weighted by molar-refractivity contribution is 6.30. The largest absolute Gasteiger partial charge is 0.475 e. The fraction of sp³-hybridized carbons (Fsp3) is 0.667. The number of ether oxygens (including phenoxy) is 1. The summed E-state index contributed by atoms with van der Waals surface area (Å²) in [6, 6.07) is 0.762. The van der Waals surface area contributed by atoms with Gasteiger partial charge >= 0.3 is 0 Å². The van der Waals surface area contributed by atoms with Crippen molar-refractivity contribution < 1.29 is 4.74 Å². The second-order valence-electron chi connectivity index (χ2n) is 4.61. The number of halogens is 1. The quantitative estimate of drug-likeness (QED) is 0.809. The summed E-state index contributed by atoms with van der Waals surface area (Å²) in [5, 5.41) is 8.28. The van der Waals surface area contributed by atoms with Gasteiger partial charge < -0.3 is 9.64 Å². The molecule has 0 bridgehead atoms. The maximum absolute atomic E-state index is 5.88. The maximum Gasteiger partial charge on any atom is 0.236 e. The van der Waals surface area contributed by atoms with Gasteiger partial charge in [-0.25, -0.2) is 0 Å². The molecular formula is C12H18ClN3O. The van der Waals surface area contributed by atoms with Crippen molar-refractivity contribution in [2.75, 3.05) is 20.2 Å². The van der Waals surface area contributed by atoms with Crippen LogP contribution in [0.4, 0.5) is 0 Å². The fourth-order valence-electron chi connectivity index (χ4n) is 1.68. The Morgan fingerprint density at radius 2 is 2.00 bits per heavy atom. The third kappa shape index (κ3) is 3.07. The number of likely N-dealkylation sites (N-methyl/N-ethyl adjacent to an activating group) is 1. The van der Waals surface area contributed by atoms with Gasteiger partial charge in [0, 0.05) is 18.2 Å². The zero-order valence-electron chi connectivity index (χ0n) is 10.5. The lowest BCUT2D eigenvalue weighted by Crippen LogP contribution is -2.26. The predicted molar refractivity (Wildman–Crippen MR) is 67.7 cm³/mol. The third-order valence-electron chi connectivity index (χ3n) is 3.27. The number of hydrogen-bond donors (Lipinski definition) is 0. The Morgan fingerprint density at radius 1 is 1.29 bits per heavy atom. The molecule has 1 aromatic heterocycles. The summed E-state index contributed by atoms with van der Waals surface area (Å²) in [5.41, 5.74) is 1.91. The van der Waals surface area contributed by atoms with Crippen LogP contribution in [0.2, 0.25) is 5.15 Å². The van der Waals surface area contributed by atoms with E-state index in [0.29, 0.717) is 17.6 Å². The molecule has 1 aromatic rings. The second kappa shape index (κ2) is 5.19. The fourth-order valence-corrected chi connectivity index (χ4v) is 1.86. The molecule has 2 rings (SSSR count). The molecule has 0 spiro atoms. The van der Waals surface area contributed by atoms with Crippen LogP contribution >= 0.6 is 11.6 Å². The Labute approximate surface area is 107 Å². The molecule has 0 aliphatic heterocycles. The zero-order valence-corrected chi connectivity index (χ0v) is 11.3. The number of aromatic nitrogens is 2. The molecular weight excluding hydrogens is 238 g/mol. The van der Waals surface area contributed by atoms with Crippen molar-refractivity contribution in [3.8, 4) is 5.88 Å². The first kappa shape index (κ1) is 12.6. The molecule has 0 N–H and O–H groups in total. The van der Waals surface area contributed by atoms with Gasteiger partial charge in [-0.05, 0) is 39.3 Å². The topological polar surface area (TPSA) is 38.3 Å². The van der Waals surface area contributed by atoms with Crippen molar-refractivity contribution in [1.29, 1.82) is 0 Å². The summed E-state index contributed by atoms with van der Waals surface area (Å²) in [5.74, 6) is 0.594. The molecule has 4 nitrogen and oxygen atoms in total. The summed E-state index contributed by atoms with van der Waals surface area (Å²) < 4.78 is 5.65. The van der Waals surface area contributed by atoms with Gasteiger partial charge in [0.2, 0.25) is 5.88 Å². The van der Waals surface area contributed by atoms with Crippen molar-refractivity contribution in [2.24, 2.45) is 0 Å². The molecule has 94 valence electrons. The standard InChI is InChI=1S/C12H18ClN3O/c1-8-9(2)12(15-14-11(8)13)17-7-6-16(3)10-4-5-10/h10H,4-7H2,1-3H3. The first-order valence-corrected chi connectivity index (χ1v) is 6.30. The van der Waals surface area contributed by atoms with E-state index < -0.39 is 0 Å². The van der Waals surface area contributed by atoms with Gasteiger partial charge in [0.25, 0.3) is 0 Å². The lowest BCUT2D eigenvalue weighted by atomic mass is 10.2. The zero-order chi connectivity index (χ0) is 12.4. The van der Waals surface area contributed by atoms with Crippen LogP contribution in [0, 0.1) is 13.8 Å². The average Bonchev–Trinajstić information content (AvgIpc) is 3.13. The first-order valence-electron chi connectivity index (χ1n) is 5.92. The number of nitrogens with zero attached hydrogens (tertiary/aromatic N) is 3. The van der Waals surface area contributed by atoms with Crippen LogP contribution in [-0.2, 0) is 0 Å². The normalized spacial score (nSPS) is 15.4. The van der Waals surface area contributed by atoms with Crippen molar-refractivity contribution in [3.63, 3.8) is 0 Å². The van der Waals surface area contributed by atoms with Gasteiger partial charge in [0.05, 0.1) is 0 Å². The number of rotatable bonds is 5.